The number of hydrogen-bond acceptors (Lipinski definition) is 4. The van der Waals surface area contributed by atoms with E-state index in [1.165, 1.54) is 84.5 Å². The van der Waals surface area contributed by atoms with Crippen molar-refractivity contribution in [2.45, 2.75) is 107 Å². The average Bonchev–Trinajstić information content (AvgIpc) is 3.12. The fourth-order valence-corrected chi connectivity index (χ4v) is 3.27. The lowest BCUT2D eigenvalue weighted by molar-refractivity contribution is 0.126. The Bertz CT molecular complexity index is 378. The van der Waals surface area contributed by atoms with Crippen molar-refractivity contribution >= 4 is 0 Å². The Morgan fingerprint density at radius 1 is 0.424 bits per heavy atom. The van der Waals surface area contributed by atoms with E-state index < -0.39 is 0 Å². The second-order valence-corrected chi connectivity index (χ2v) is 13.8. The number of likely N-dealkylation sites (N-methyl/N-ethyl adjacent to an activating group) is 1. The minimum atomic E-state index is 0.500. The lowest BCUT2D eigenvalue weighted by atomic mass is 10.0. The highest BCUT2D eigenvalue weighted by Crippen LogP contribution is 2.08. The van der Waals surface area contributed by atoms with E-state index in [-0.39, 0.29) is 0 Å². The molecular formula is C29H66N4. The SMILES string of the molecule is CC(C)(C)C.CC(C)(C)C.CC(C)N1CCN(C)CC1.CN1CCCC1.CN1CCCCC1. The molecule has 3 saturated heterocycles. The molecular weight excluding hydrogens is 404 g/mol. The summed E-state index contributed by atoms with van der Waals surface area (Å²) in [4.78, 5) is 9.67. The fraction of sp³-hybridized carbons (Fsp3) is 1.00. The van der Waals surface area contributed by atoms with Crippen LogP contribution in [0.4, 0.5) is 0 Å². The summed E-state index contributed by atoms with van der Waals surface area (Å²) in [6, 6.07) is 0.730. The van der Waals surface area contributed by atoms with Crippen LogP contribution in [0.3, 0.4) is 0 Å². The van der Waals surface area contributed by atoms with Gasteiger partial charge in [0.1, 0.15) is 0 Å². The molecule has 202 valence electrons. The molecule has 0 aliphatic carbocycles. The van der Waals surface area contributed by atoms with Crippen LogP contribution in [-0.4, -0.2) is 99.1 Å². The van der Waals surface area contributed by atoms with Gasteiger partial charge in [-0.05, 0) is 97.7 Å². The van der Waals surface area contributed by atoms with Crippen molar-refractivity contribution in [3.8, 4) is 0 Å². The summed E-state index contributed by atoms with van der Waals surface area (Å²) in [5, 5.41) is 0. The molecule has 4 heteroatoms. The van der Waals surface area contributed by atoms with Crippen LogP contribution in [-0.2, 0) is 0 Å². The minimum Gasteiger partial charge on any atom is -0.306 e. The maximum absolute atomic E-state index is 2.53. The van der Waals surface area contributed by atoms with Crippen LogP contribution in [0.5, 0.6) is 0 Å². The Kier molecular flexibility index (Phi) is 20.2. The lowest BCUT2D eigenvalue weighted by Gasteiger charge is -2.34. The third-order valence-corrected chi connectivity index (χ3v) is 5.18. The molecule has 33 heavy (non-hydrogen) atoms. The molecule has 0 unspecified atom stereocenters. The zero-order valence-corrected chi connectivity index (χ0v) is 25.6. The van der Waals surface area contributed by atoms with E-state index in [9.17, 15) is 0 Å². The summed E-state index contributed by atoms with van der Waals surface area (Å²) >= 11 is 0. The second-order valence-electron chi connectivity index (χ2n) is 13.8. The van der Waals surface area contributed by atoms with Gasteiger partial charge in [0.15, 0.2) is 0 Å². The molecule has 0 aromatic carbocycles. The Hall–Kier alpha value is -0.160. The second kappa shape index (κ2) is 19.1. The smallest absolute Gasteiger partial charge is 0.0112 e. The van der Waals surface area contributed by atoms with Gasteiger partial charge in [-0.25, -0.2) is 0 Å². The predicted octanol–water partition coefficient (Wildman–Crippen LogP) is 6.56. The van der Waals surface area contributed by atoms with Crippen LogP contribution in [0.25, 0.3) is 0 Å². The van der Waals surface area contributed by atoms with Crippen LogP contribution in [0, 0.1) is 10.8 Å². The number of piperazine rings is 1. The summed E-state index contributed by atoms with van der Waals surface area (Å²) in [6.07, 6.45) is 7.10. The Morgan fingerprint density at radius 2 is 0.667 bits per heavy atom. The van der Waals surface area contributed by atoms with Crippen LogP contribution in [0.15, 0.2) is 0 Å². The minimum absolute atomic E-state index is 0.500. The van der Waals surface area contributed by atoms with Gasteiger partial charge in [0.05, 0.1) is 0 Å². The van der Waals surface area contributed by atoms with E-state index in [0.29, 0.717) is 10.8 Å². The molecule has 0 radical (unpaired) electrons. The summed E-state index contributed by atoms with van der Waals surface area (Å²) in [6.45, 7) is 32.3. The van der Waals surface area contributed by atoms with Crippen molar-refractivity contribution in [1.82, 2.24) is 19.6 Å². The average molecular weight is 471 g/mol. The van der Waals surface area contributed by atoms with E-state index in [1.54, 1.807) is 0 Å². The zero-order valence-electron chi connectivity index (χ0n) is 25.6. The number of hydrogen-bond donors (Lipinski definition) is 0. The van der Waals surface area contributed by atoms with Gasteiger partial charge in [0.2, 0.25) is 0 Å². The van der Waals surface area contributed by atoms with Crippen LogP contribution < -0.4 is 0 Å². The Balaban J connectivity index is 0. The third kappa shape index (κ3) is 34.1. The summed E-state index contributed by atoms with van der Waals surface area (Å²) in [7, 11) is 6.56. The zero-order chi connectivity index (χ0) is 26.1. The molecule has 0 spiro atoms. The maximum Gasteiger partial charge on any atom is 0.0112 e. The molecule has 0 bridgehead atoms. The number of piperidine rings is 1. The molecule has 3 aliphatic heterocycles. The molecule has 3 heterocycles. The highest BCUT2D eigenvalue weighted by Gasteiger charge is 2.15. The number of nitrogens with zero attached hydrogens (tertiary/aromatic N) is 4. The van der Waals surface area contributed by atoms with Crippen molar-refractivity contribution < 1.29 is 0 Å². The maximum atomic E-state index is 2.53. The summed E-state index contributed by atoms with van der Waals surface area (Å²) < 4.78 is 0. The number of rotatable bonds is 1. The highest BCUT2D eigenvalue weighted by atomic mass is 15.3. The molecule has 0 N–H and O–H groups in total. The normalized spacial score (nSPS) is 20.9. The monoisotopic (exact) mass is 471 g/mol. The molecule has 0 amide bonds. The number of likely N-dealkylation sites (tertiary alicyclic amines) is 2. The van der Waals surface area contributed by atoms with Gasteiger partial charge in [-0.1, -0.05) is 61.8 Å². The molecule has 4 nitrogen and oxygen atoms in total. The van der Waals surface area contributed by atoms with Gasteiger partial charge in [0, 0.05) is 32.2 Å². The first-order valence-corrected chi connectivity index (χ1v) is 13.8. The van der Waals surface area contributed by atoms with E-state index in [4.69, 9.17) is 0 Å². The first kappa shape index (κ1) is 35.0. The standard InChI is InChI=1S/C8H18N2.C6H13N.C5H11N.2C5H12/c1-8(2)10-6-4-9(3)5-7-10;1-7-5-3-2-4-6-7;1-6-4-2-3-5-6;2*1-5(2,3)4/h8H,4-7H2,1-3H3;2-6H2,1H3;2-5H2,1H3;2*1-4H3. The van der Waals surface area contributed by atoms with Gasteiger partial charge >= 0.3 is 0 Å². The molecule has 3 rings (SSSR count). The third-order valence-electron chi connectivity index (χ3n) is 5.18. The van der Waals surface area contributed by atoms with E-state index >= 15 is 0 Å². The van der Waals surface area contributed by atoms with Crippen molar-refractivity contribution in [3.63, 3.8) is 0 Å². The quantitative estimate of drug-likeness (QED) is 0.430. The van der Waals surface area contributed by atoms with Crippen LogP contribution >= 0.6 is 0 Å². The highest BCUT2D eigenvalue weighted by molar-refractivity contribution is 4.71. The van der Waals surface area contributed by atoms with E-state index in [1.807, 2.05) is 0 Å². The fourth-order valence-electron chi connectivity index (χ4n) is 3.27. The van der Waals surface area contributed by atoms with E-state index in [0.717, 1.165) is 6.04 Å². The van der Waals surface area contributed by atoms with Crippen molar-refractivity contribution in [3.05, 3.63) is 0 Å². The van der Waals surface area contributed by atoms with Gasteiger partial charge in [-0.2, -0.15) is 0 Å². The Labute approximate surface area is 211 Å². The lowest BCUT2D eigenvalue weighted by Crippen LogP contribution is -2.47. The van der Waals surface area contributed by atoms with Gasteiger partial charge in [-0.3, -0.25) is 4.90 Å². The van der Waals surface area contributed by atoms with Crippen LogP contribution in [0.1, 0.15) is 101 Å². The van der Waals surface area contributed by atoms with E-state index in [2.05, 4.69) is 110 Å². The van der Waals surface area contributed by atoms with Crippen molar-refractivity contribution in [1.29, 1.82) is 0 Å². The molecule has 0 aromatic heterocycles. The largest absolute Gasteiger partial charge is 0.306 e. The predicted molar refractivity (Wildman–Crippen MR) is 153 cm³/mol. The molecule has 3 aliphatic rings. The van der Waals surface area contributed by atoms with Gasteiger partial charge in [-0.15, -0.1) is 0 Å². The topological polar surface area (TPSA) is 13.0 Å². The first-order chi connectivity index (χ1) is 15.0. The molecule has 0 aromatic rings. The molecule has 0 saturated carbocycles. The van der Waals surface area contributed by atoms with Gasteiger partial charge < -0.3 is 14.7 Å². The summed E-state index contributed by atoms with van der Waals surface area (Å²) in [5.74, 6) is 0. The van der Waals surface area contributed by atoms with Gasteiger partial charge in [0.25, 0.3) is 0 Å². The first-order valence-electron chi connectivity index (χ1n) is 13.8. The van der Waals surface area contributed by atoms with Crippen molar-refractivity contribution in [2.75, 3.05) is 73.5 Å². The molecule has 3 fully saturated rings. The molecule has 0 atom stereocenters. The van der Waals surface area contributed by atoms with Crippen molar-refractivity contribution in [2.24, 2.45) is 10.8 Å². The van der Waals surface area contributed by atoms with Crippen LogP contribution in [0.2, 0.25) is 0 Å². The Morgan fingerprint density at radius 3 is 0.848 bits per heavy atom. The summed E-state index contributed by atoms with van der Waals surface area (Å²) in [5.41, 5.74) is 1.00.